The molecule has 0 bridgehead atoms. The highest BCUT2D eigenvalue weighted by atomic mass is 16.3. The maximum absolute atomic E-state index is 13.1. The highest BCUT2D eigenvalue weighted by molar-refractivity contribution is 6.02. The highest BCUT2D eigenvalue weighted by Gasteiger charge is 2.45. The minimum atomic E-state index is -0.267. The lowest BCUT2D eigenvalue weighted by Crippen LogP contribution is -2.60. The van der Waals surface area contributed by atoms with Crippen LogP contribution < -0.4 is 5.32 Å². The number of anilines is 1. The van der Waals surface area contributed by atoms with E-state index >= 15 is 0 Å². The number of para-hydroxylation sites is 1. The third-order valence-electron chi connectivity index (χ3n) is 4.86. The first-order chi connectivity index (χ1) is 10.8. The zero-order valence-electron chi connectivity index (χ0n) is 12.5. The molecule has 1 N–H and O–H groups in total. The van der Waals surface area contributed by atoms with Gasteiger partial charge in [-0.25, -0.2) is 0 Å². The van der Waals surface area contributed by atoms with Crippen LogP contribution in [0.15, 0.2) is 47.1 Å². The van der Waals surface area contributed by atoms with Crippen molar-refractivity contribution in [1.29, 1.82) is 0 Å². The van der Waals surface area contributed by atoms with E-state index in [-0.39, 0.29) is 11.6 Å². The quantitative estimate of drug-likeness (QED) is 0.910. The normalized spacial score (nSPS) is 19.8. The van der Waals surface area contributed by atoms with Gasteiger partial charge in [0.25, 0.3) is 5.91 Å². The van der Waals surface area contributed by atoms with E-state index in [2.05, 4.69) is 5.32 Å². The SMILES string of the molecule is O=C1c2ccccc2NC2(CCCCC2)N1Cc1ccco1. The molecule has 2 aromatic rings. The van der Waals surface area contributed by atoms with Crippen LogP contribution in [-0.2, 0) is 6.54 Å². The third-order valence-corrected chi connectivity index (χ3v) is 4.86. The van der Waals surface area contributed by atoms with E-state index in [9.17, 15) is 4.79 Å². The van der Waals surface area contributed by atoms with Crippen molar-refractivity contribution in [2.75, 3.05) is 5.32 Å². The first-order valence-corrected chi connectivity index (χ1v) is 8.00. The van der Waals surface area contributed by atoms with Crippen molar-refractivity contribution >= 4 is 11.6 Å². The van der Waals surface area contributed by atoms with Crippen LogP contribution in [-0.4, -0.2) is 16.5 Å². The van der Waals surface area contributed by atoms with Gasteiger partial charge in [0.1, 0.15) is 11.4 Å². The van der Waals surface area contributed by atoms with Crippen LogP contribution in [0.3, 0.4) is 0 Å². The van der Waals surface area contributed by atoms with Crippen LogP contribution in [0.5, 0.6) is 0 Å². The zero-order valence-corrected chi connectivity index (χ0v) is 12.5. The Balaban J connectivity index is 1.75. The lowest BCUT2D eigenvalue weighted by Gasteiger charge is -2.50. The summed E-state index contributed by atoms with van der Waals surface area (Å²) in [6.45, 7) is 0.521. The molecule has 1 aliphatic carbocycles. The Labute approximate surface area is 130 Å². The highest BCUT2D eigenvalue weighted by Crippen LogP contribution is 2.41. The molecule has 1 spiro atoms. The van der Waals surface area contributed by atoms with Crippen molar-refractivity contribution in [3.63, 3.8) is 0 Å². The van der Waals surface area contributed by atoms with Gasteiger partial charge in [0.15, 0.2) is 0 Å². The number of carbonyl (C=O) groups excluding carboxylic acids is 1. The smallest absolute Gasteiger partial charge is 0.258 e. The lowest BCUT2D eigenvalue weighted by atomic mass is 9.84. The number of nitrogens with one attached hydrogen (secondary N) is 1. The second kappa shape index (κ2) is 5.20. The van der Waals surface area contributed by atoms with E-state index < -0.39 is 0 Å². The Hall–Kier alpha value is -2.23. The molecule has 0 atom stereocenters. The topological polar surface area (TPSA) is 45.5 Å². The number of benzene rings is 1. The van der Waals surface area contributed by atoms with Crippen molar-refractivity contribution in [3.05, 3.63) is 54.0 Å². The second-order valence-corrected chi connectivity index (χ2v) is 6.23. The Bertz CT molecular complexity index is 672. The average Bonchev–Trinajstić information content (AvgIpc) is 3.06. The van der Waals surface area contributed by atoms with E-state index in [4.69, 9.17) is 4.42 Å². The van der Waals surface area contributed by atoms with Gasteiger partial charge in [-0.1, -0.05) is 18.6 Å². The predicted molar refractivity (Wildman–Crippen MR) is 84.5 cm³/mol. The summed E-state index contributed by atoms with van der Waals surface area (Å²) in [6, 6.07) is 11.6. The van der Waals surface area contributed by atoms with Crippen LogP contribution in [0.25, 0.3) is 0 Å². The number of amides is 1. The number of fused-ring (bicyclic) bond motifs is 1. The lowest BCUT2D eigenvalue weighted by molar-refractivity contribution is 0.0340. The number of nitrogens with zero attached hydrogens (tertiary/aromatic N) is 1. The second-order valence-electron chi connectivity index (χ2n) is 6.23. The summed E-state index contributed by atoms with van der Waals surface area (Å²) in [4.78, 5) is 15.0. The van der Waals surface area contributed by atoms with Crippen molar-refractivity contribution in [2.24, 2.45) is 0 Å². The van der Waals surface area contributed by atoms with Crippen molar-refractivity contribution in [3.8, 4) is 0 Å². The van der Waals surface area contributed by atoms with Crippen LogP contribution in [0.2, 0.25) is 0 Å². The maximum atomic E-state index is 13.1. The number of carbonyl (C=O) groups is 1. The van der Waals surface area contributed by atoms with Crippen LogP contribution in [0, 0.1) is 0 Å². The molecule has 1 aliphatic heterocycles. The Kier molecular flexibility index (Phi) is 3.17. The summed E-state index contributed by atoms with van der Waals surface area (Å²) in [6.07, 6.45) is 7.20. The first-order valence-electron chi connectivity index (χ1n) is 8.00. The fraction of sp³-hybridized carbons (Fsp3) is 0.389. The number of hydrogen-bond donors (Lipinski definition) is 1. The summed E-state index contributed by atoms with van der Waals surface area (Å²) in [7, 11) is 0. The number of hydrogen-bond acceptors (Lipinski definition) is 3. The van der Waals surface area contributed by atoms with E-state index in [0.29, 0.717) is 6.54 Å². The Morgan fingerprint density at radius 3 is 2.68 bits per heavy atom. The number of rotatable bonds is 2. The largest absolute Gasteiger partial charge is 0.467 e. The molecule has 1 aromatic carbocycles. The standard InChI is InChI=1S/C18H20N2O2/c21-17-15-8-2-3-9-16(15)19-18(10-4-1-5-11-18)20(17)13-14-7-6-12-22-14/h2-3,6-9,12,19H,1,4-5,10-11,13H2. The van der Waals surface area contributed by atoms with Crippen molar-refractivity contribution < 1.29 is 9.21 Å². The molecule has 2 heterocycles. The van der Waals surface area contributed by atoms with E-state index in [1.165, 1.54) is 6.42 Å². The minimum Gasteiger partial charge on any atom is -0.467 e. The first kappa shape index (κ1) is 13.4. The van der Waals surface area contributed by atoms with E-state index in [0.717, 1.165) is 42.7 Å². The summed E-state index contributed by atoms with van der Waals surface area (Å²) < 4.78 is 5.48. The third kappa shape index (κ3) is 2.10. The Morgan fingerprint density at radius 2 is 1.91 bits per heavy atom. The molecule has 4 nitrogen and oxygen atoms in total. The maximum Gasteiger partial charge on any atom is 0.258 e. The molecule has 0 unspecified atom stereocenters. The molecule has 4 rings (SSSR count). The van der Waals surface area contributed by atoms with Crippen molar-refractivity contribution in [2.45, 2.75) is 44.3 Å². The summed E-state index contributed by atoms with van der Waals surface area (Å²) in [5.41, 5.74) is 1.45. The Morgan fingerprint density at radius 1 is 1.09 bits per heavy atom. The van der Waals surface area contributed by atoms with Gasteiger partial charge in [0, 0.05) is 5.69 Å². The predicted octanol–water partition coefficient (Wildman–Crippen LogP) is 4.01. The molecule has 4 heteroatoms. The van der Waals surface area contributed by atoms with Gasteiger partial charge in [-0.3, -0.25) is 4.79 Å². The van der Waals surface area contributed by atoms with Gasteiger partial charge in [0.05, 0.1) is 18.4 Å². The molecule has 0 saturated heterocycles. The fourth-order valence-electron chi connectivity index (χ4n) is 3.75. The monoisotopic (exact) mass is 296 g/mol. The van der Waals surface area contributed by atoms with Gasteiger partial charge >= 0.3 is 0 Å². The fourth-order valence-corrected chi connectivity index (χ4v) is 3.75. The van der Waals surface area contributed by atoms with Crippen LogP contribution in [0.4, 0.5) is 5.69 Å². The van der Waals surface area contributed by atoms with Gasteiger partial charge in [0.2, 0.25) is 0 Å². The molecule has 0 radical (unpaired) electrons. The minimum absolute atomic E-state index is 0.104. The zero-order chi connectivity index (χ0) is 15.0. The van der Waals surface area contributed by atoms with Crippen LogP contribution in [0.1, 0.15) is 48.2 Å². The van der Waals surface area contributed by atoms with Gasteiger partial charge in [-0.15, -0.1) is 0 Å². The molecular weight excluding hydrogens is 276 g/mol. The molecule has 1 amide bonds. The molecule has 1 aromatic heterocycles. The molecule has 22 heavy (non-hydrogen) atoms. The van der Waals surface area contributed by atoms with Gasteiger partial charge < -0.3 is 14.6 Å². The molecular formula is C18H20N2O2. The summed E-state index contributed by atoms with van der Waals surface area (Å²) >= 11 is 0. The summed E-state index contributed by atoms with van der Waals surface area (Å²) in [5, 5.41) is 3.67. The van der Waals surface area contributed by atoms with Gasteiger partial charge in [-0.2, -0.15) is 0 Å². The van der Waals surface area contributed by atoms with E-state index in [1.54, 1.807) is 6.26 Å². The van der Waals surface area contributed by atoms with Gasteiger partial charge in [-0.05, 0) is 49.9 Å². The van der Waals surface area contributed by atoms with E-state index in [1.807, 2.05) is 41.3 Å². The molecule has 1 saturated carbocycles. The molecule has 114 valence electrons. The van der Waals surface area contributed by atoms with Crippen LogP contribution >= 0.6 is 0 Å². The summed E-state index contributed by atoms with van der Waals surface area (Å²) in [5.74, 6) is 0.937. The molecule has 1 fully saturated rings. The number of furan rings is 1. The molecule has 2 aliphatic rings. The van der Waals surface area contributed by atoms with Crippen molar-refractivity contribution in [1.82, 2.24) is 4.90 Å². The average molecular weight is 296 g/mol.